The van der Waals surface area contributed by atoms with E-state index in [-0.39, 0.29) is 145 Å². The van der Waals surface area contributed by atoms with Crippen molar-refractivity contribution in [3.8, 4) is 33.8 Å². The van der Waals surface area contributed by atoms with Gasteiger partial charge in [-0.2, -0.15) is 114 Å². The minimum atomic E-state index is -0.877. The van der Waals surface area contributed by atoms with E-state index in [0.29, 0.717) is 34.5 Å². The number of aromatic nitrogens is 6. The summed E-state index contributed by atoms with van der Waals surface area (Å²) in [7, 11) is 0. The molecule has 24 rings (SSSR count). The summed E-state index contributed by atoms with van der Waals surface area (Å²) in [5.41, 5.74) is 16.8. The molecular formula is C124H114Ir4N8S4-8. The van der Waals surface area contributed by atoms with Crippen molar-refractivity contribution in [3.63, 3.8) is 0 Å². The van der Waals surface area contributed by atoms with Gasteiger partial charge in [-0.15, -0.1) is 137 Å². The van der Waals surface area contributed by atoms with E-state index in [9.17, 15) is 0 Å². The summed E-state index contributed by atoms with van der Waals surface area (Å²) in [6.45, 7) is 13.7. The van der Waals surface area contributed by atoms with Crippen LogP contribution in [0.4, 0.5) is 0 Å². The Bertz CT molecular complexity index is 8410. The predicted octanol–water partition coefficient (Wildman–Crippen LogP) is 33.1. The molecule has 12 heterocycles. The van der Waals surface area contributed by atoms with E-state index >= 15 is 0 Å². The van der Waals surface area contributed by atoms with Crippen molar-refractivity contribution >= 4 is 145 Å². The molecule has 10 aromatic heterocycles. The van der Waals surface area contributed by atoms with Crippen molar-refractivity contribution in [3.05, 3.63) is 488 Å². The molecule has 0 spiro atoms. The first-order valence-electron chi connectivity index (χ1n) is 53.5. The fourth-order valence-corrected chi connectivity index (χ4v) is 20.0. The van der Waals surface area contributed by atoms with Crippen LogP contribution in [0.3, 0.4) is 0 Å². The van der Waals surface area contributed by atoms with Gasteiger partial charge < -0.3 is 29.9 Å². The number of hydrogen-bond acceptors (Lipinski definition) is 12. The Morgan fingerprint density at radius 1 is 0.493 bits per heavy atom. The zero-order valence-corrected chi connectivity index (χ0v) is 90.4. The third-order valence-electron chi connectivity index (χ3n) is 21.9. The van der Waals surface area contributed by atoms with E-state index < -0.39 is 31.5 Å². The zero-order chi connectivity index (χ0) is 108. The monoisotopic (exact) mass is 2630 g/mol. The number of aliphatic imine (C=N–C) groups is 2. The molecule has 0 saturated heterocycles. The maximum absolute atomic E-state index is 8.70. The number of fused-ring (bicyclic) bond motifs is 12. The molecule has 8 nitrogen and oxygen atoms in total. The Balaban J connectivity index is 0.000000219. The molecule has 140 heavy (non-hydrogen) atoms. The third kappa shape index (κ3) is 30.3. The van der Waals surface area contributed by atoms with Crippen LogP contribution in [0.15, 0.2) is 405 Å². The second-order valence-corrected chi connectivity index (χ2v) is 35.9. The van der Waals surface area contributed by atoms with Crippen molar-refractivity contribution in [2.75, 3.05) is 0 Å². The number of nitrogens with zero attached hydrogens (tertiary/aromatic N) is 8. The van der Waals surface area contributed by atoms with Crippen molar-refractivity contribution < 1.29 is 108 Å². The maximum atomic E-state index is 8.70. The summed E-state index contributed by atoms with van der Waals surface area (Å²) >= 11 is 6.88. The molecule has 16 heteroatoms. The van der Waals surface area contributed by atoms with E-state index in [4.69, 9.17) is 28.3 Å². The molecule has 4 unspecified atom stereocenters. The van der Waals surface area contributed by atoms with Crippen molar-refractivity contribution in [1.29, 1.82) is 0 Å². The molecule has 4 atom stereocenters. The second kappa shape index (κ2) is 57.1. The molecule has 1 fully saturated rings. The van der Waals surface area contributed by atoms with Crippen molar-refractivity contribution in [1.82, 2.24) is 29.9 Å². The van der Waals surface area contributed by atoms with Gasteiger partial charge in [0.1, 0.15) is 0 Å². The number of hydrogen-bond donors (Lipinski definition) is 0. The van der Waals surface area contributed by atoms with E-state index in [0.717, 1.165) is 125 Å². The van der Waals surface area contributed by atoms with Gasteiger partial charge in [-0.3, -0.25) is 9.97 Å². The van der Waals surface area contributed by atoms with Crippen molar-refractivity contribution in [2.45, 2.75) is 106 Å². The Labute approximate surface area is 923 Å². The third-order valence-corrected chi connectivity index (χ3v) is 26.7. The normalized spacial score (nSPS) is 17.1. The Morgan fingerprint density at radius 2 is 1.06 bits per heavy atom. The summed E-state index contributed by atoms with van der Waals surface area (Å²) in [6.07, 6.45) is 34.7. The van der Waals surface area contributed by atoms with E-state index in [1.165, 1.54) is 104 Å². The second-order valence-electron chi connectivity index (χ2n) is 31.6. The van der Waals surface area contributed by atoms with Gasteiger partial charge in [0.05, 0.1) is 12.3 Å². The topological polar surface area (TPSA) is 102 Å². The Kier molecular flexibility index (Phi) is 35.1. The van der Waals surface area contributed by atoms with Gasteiger partial charge in [-0.05, 0) is 211 Å². The standard InChI is InChI=1S/C22H20NS.C20H20NS.C17H10NS.C12H12N.2C12H10N.C12H7S.C6H7N.C6H7.C5H5N.4Ir.3H2/c1-2-7-15(6-1)16-12-13-20(23-14-16)19-10-5-9-18-17-8-3-4-11-21(17)24-22(18)19;1-13(2)14-10-11-18(21-12-14)17-8-5-7-16-15-6-3-4-9-19(15)22-20(16)17;1-2-10-16-12(6-1)13-7-5-8-14(17(13)19-16)15-9-3-4-11-18-15;3*1-10-7-8-13-12(9-10)11-5-3-2-4-6-11;1-3-7-11-9(5-1)10-6-2-4-8-12(10)13-11;1-6-2-4-7-5-3-6;1-3-5-6-4-2;1-2-4-6-5-3-1;;;;;;;/h3-5,8-9,11,14-15H,1-2,6-7,12-13H2;3-4,6-9,12-13H,5,10-11H2,1-2H3;1-7,9-11H;2-3,5-9H,4H2,1H3;2*2-5,7-9H,1H3;1-3,5-8H;2-5H,1H3;3-5H,1-2H2;1-5H;;;;;3*1H/q7*-1;;-1;;;;;;;;/i12D,13D;10D,11D,13D;3D,4D,9D,11D;;;;;2D;1D,2D,5D;1D,2D,3D,4D;;;;;3*1+1. The summed E-state index contributed by atoms with van der Waals surface area (Å²) in [6, 6.07) is 92.2. The number of aryl methyl sites for hydroxylation is 4. The van der Waals surface area contributed by atoms with Crippen LogP contribution in [-0.2, 0) is 80.4 Å². The molecular weight excluding hydrogens is 2500 g/mol. The number of thiophene rings is 4. The van der Waals surface area contributed by atoms with Gasteiger partial charge in [-0.25, -0.2) is 22.7 Å². The molecule has 0 bridgehead atoms. The SMILES string of the molecule is Cc1ccnc(-c2[c-]cccc2)c1.Cc1ccnc(-c2[c-]cccc2)c1.Cc1ccnc(C2=CC=CC[CH-]2)c1.[2HH].[2HH].[2HH].[2H]C1C(C([2H])(C)C)=CN=C(C2=c3sc4ccccc4c3=CC[CH-]2)C1[2H].[2H]C1C(C2CCCC2)=CN=C(c2[c-]ccc3c2sc2ccccc23)C1[2H].[2H]C=C[C-]=C([2H])C=C[2H].[2H]c1cnc([2H])c([2H])c1[2H].[2H]c1cnccc1C.[2H]c1nc(-c2[c-]ccc3c2sc2ccccc23)c([2H])c([2H])c1[2H].[Ir].[Ir].[Ir].[Ir].[c-]1ccc2c(c1)sc1ccccc12. The molecule has 9 aromatic carbocycles. The fourth-order valence-electron chi connectivity index (χ4n) is 15.2. The summed E-state index contributed by atoms with van der Waals surface area (Å²) in [5.74, 6) is -0.419. The molecule has 0 N–H and O–H groups in total. The van der Waals surface area contributed by atoms with Gasteiger partial charge in [0.2, 0.25) is 0 Å². The van der Waals surface area contributed by atoms with Gasteiger partial charge >= 0.3 is 0 Å². The molecule has 3 aliphatic carbocycles. The first-order valence-corrected chi connectivity index (χ1v) is 47.8. The molecule has 718 valence electrons. The predicted molar refractivity (Wildman–Crippen MR) is 590 cm³/mol. The molecule has 1 saturated carbocycles. The first kappa shape index (κ1) is 86.0. The van der Waals surface area contributed by atoms with Gasteiger partial charge in [0, 0.05) is 175 Å². The van der Waals surface area contributed by atoms with Gasteiger partial charge in [-0.1, -0.05) is 220 Å². The van der Waals surface area contributed by atoms with Crippen molar-refractivity contribution in [2.24, 2.45) is 21.8 Å². The molecule has 4 radical (unpaired) electrons. The van der Waals surface area contributed by atoms with E-state index in [1.807, 2.05) is 164 Å². The van der Waals surface area contributed by atoms with E-state index in [2.05, 4.69) is 232 Å². The van der Waals surface area contributed by atoms with E-state index in [1.54, 1.807) is 66.3 Å². The zero-order valence-electron chi connectivity index (χ0n) is 94.5. The average molecular weight is 2630 g/mol. The smallest absolute Gasteiger partial charge is 0.0840 e. The van der Waals surface area contributed by atoms with Crippen LogP contribution in [0.2, 0.25) is 0 Å². The van der Waals surface area contributed by atoms with Crippen LogP contribution in [0.5, 0.6) is 0 Å². The quantitative estimate of drug-likeness (QED) is 0.0998. The number of rotatable bonds is 10. The number of allylic oxidation sites excluding steroid dienone is 10. The van der Waals surface area contributed by atoms with Crippen LogP contribution in [0.25, 0.3) is 122 Å². The molecule has 5 aliphatic rings. The average Bonchev–Trinajstić information content (AvgIpc) is 1.59. The van der Waals surface area contributed by atoms with Gasteiger partial charge in [0.15, 0.2) is 0 Å². The Morgan fingerprint density at radius 3 is 1.66 bits per heavy atom. The largest absolute Gasteiger partial charge is 0.325 e. The maximum Gasteiger partial charge on any atom is 0.0840 e. The van der Waals surface area contributed by atoms with Crippen LogP contribution in [-0.4, -0.2) is 41.3 Å². The Hall–Kier alpha value is -11.9. The van der Waals surface area contributed by atoms with Crippen LogP contribution < -0.4 is 9.75 Å². The summed E-state index contributed by atoms with van der Waals surface area (Å²) < 4.78 is 139. The minimum absolute atomic E-state index is 0. The van der Waals surface area contributed by atoms with Gasteiger partial charge in [0.25, 0.3) is 0 Å². The molecule has 2 aliphatic heterocycles. The molecule has 19 aromatic rings. The van der Waals surface area contributed by atoms with Crippen LogP contribution >= 0.6 is 45.3 Å². The molecule has 0 amide bonds. The van der Waals surface area contributed by atoms with Crippen LogP contribution in [0, 0.1) is 88.8 Å². The van der Waals surface area contributed by atoms with Crippen LogP contribution in [0.1, 0.15) is 139 Å². The minimum Gasteiger partial charge on any atom is -0.325 e. The first-order chi connectivity index (χ1) is 74.0. The fraction of sp³-hybridized carbons (Fsp3) is 0.145. The number of benzene rings is 9. The summed E-state index contributed by atoms with van der Waals surface area (Å²) in [4.78, 5) is 33.4. The number of pyridine rings is 6. The summed E-state index contributed by atoms with van der Waals surface area (Å²) in [5, 5.41) is 9.79.